The van der Waals surface area contributed by atoms with Gasteiger partial charge in [0.2, 0.25) is 5.91 Å². The number of alkyl halides is 2. The van der Waals surface area contributed by atoms with E-state index in [1.165, 1.54) is 7.11 Å². The van der Waals surface area contributed by atoms with Crippen molar-refractivity contribution in [1.82, 2.24) is 10.2 Å². The third-order valence-electron chi connectivity index (χ3n) is 3.49. The van der Waals surface area contributed by atoms with Gasteiger partial charge >= 0.3 is 6.03 Å². The number of urea groups is 1. The predicted octanol–water partition coefficient (Wildman–Crippen LogP) is 0.110. The fourth-order valence-corrected chi connectivity index (χ4v) is 2.91. The molecular weight excluding hydrogens is 339 g/mol. The van der Waals surface area contributed by atoms with Gasteiger partial charge in [0.25, 0.3) is 0 Å². The van der Waals surface area contributed by atoms with Crippen LogP contribution in [0.2, 0.25) is 0 Å². The maximum Gasteiger partial charge on any atom is 0.328 e. The Labute approximate surface area is 123 Å². The molecule has 3 amide bonds. The minimum absolute atomic E-state index is 0.0875. The van der Waals surface area contributed by atoms with Crippen molar-refractivity contribution in [2.24, 2.45) is 0 Å². The summed E-state index contributed by atoms with van der Waals surface area (Å²) in [7, 11) is 1.34. The van der Waals surface area contributed by atoms with Gasteiger partial charge in [-0.15, -0.1) is 0 Å². The van der Waals surface area contributed by atoms with Crippen LogP contribution in [0.5, 0.6) is 0 Å². The minimum atomic E-state index is -1.38. The molecule has 20 heavy (non-hydrogen) atoms. The molecule has 5 atom stereocenters. The molecule has 0 aliphatic carbocycles. The number of amides is 3. The van der Waals surface area contributed by atoms with Crippen molar-refractivity contribution in [2.75, 3.05) is 13.7 Å². The first-order valence-electron chi connectivity index (χ1n) is 6.08. The zero-order valence-electron chi connectivity index (χ0n) is 11.0. The number of halogens is 2. The topological polar surface area (TPSA) is 88.1 Å². The zero-order chi connectivity index (χ0) is 15.1. The van der Waals surface area contributed by atoms with Gasteiger partial charge in [-0.2, -0.15) is 0 Å². The second-order valence-electron chi connectivity index (χ2n) is 4.89. The number of imide groups is 1. The average molecular weight is 355 g/mol. The molecule has 0 bridgehead atoms. The van der Waals surface area contributed by atoms with E-state index in [1.54, 1.807) is 6.92 Å². The normalized spacial score (nSPS) is 42.0. The monoisotopic (exact) mass is 354 g/mol. The molecule has 0 aromatic heterocycles. The number of nitrogens with one attached hydrogen (secondary N) is 1. The second kappa shape index (κ2) is 5.55. The van der Waals surface area contributed by atoms with E-state index in [0.717, 1.165) is 4.90 Å². The Balaban J connectivity index is 2.25. The average Bonchev–Trinajstić information content (AvgIpc) is 2.74. The molecule has 2 saturated heterocycles. The molecule has 0 saturated carbocycles. The van der Waals surface area contributed by atoms with Crippen LogP contribution >= 0.6 is 15.9 Å². The lowest BCUT2D eigenvalue weighted by atomic mass is 10.0. The molecule has 0 spiro atoms. The van der Waals surface area contributed by atoms with Crippen LogP contribution in [0.25, 0.3) is 0 Å². The highest BCUT2D eigenvalue weighted by Crippen LogP contribution is 2.35. The van der Waals surface area contributed by atoms with Gasteiger partial charge in [-0.25, -0.2) is 9.18 Å². The molecule has 9 heteroatoms. The Morgan fingerprint density at radius 2 is 2.30 bits per heavy atom. The lowest BCUT2D eigenvalue weighted by Gasteiger charge is -2.44. The predicted molar refractivity (Wildman–Crippen MR) is 68.8 cm³/mol. The van der Waals surface area contributed by atoms with E-state index < -0.39 is 47.6 Å². The smallest absolute Gasteiger partial charge is 0.328 e. The lowest BCUT2D eigenvalue weighted by Crippen LogP contribution is -2.69. The number of aliphatic hydroxyl groups excluding tert-OH is 1. The number of carbonyl (C=O) groups is 2. The molecule has 3 unspecified atom stereocenters. The number of nitrogens with zero attached hydrogens (tertiary/aromatic N) is 1. The summed E-state index contributed by atoms with van der Waals surface area (Å²) in [5.41, 5.74) is 0. The fraction of sp³-hybridized carbons (Fsp3) is 0.818. The number of ether oxygens (including phenoxy) is 2. The van der Waals surface area contributed by atoms with Gasteiger partial charge in [0, 0.05) is 13.5 Å². The molecule has 0 radical (unpaired) electrons. The van der Waals surface area contributed by atoms with Crippen LogP contribution in [0.3, 0.4) is 0 Å². The van der Waals surface area contributed by atoms with Gasteiger partial charge in [-0.1, -0.05) is 15.9 Å². The Bertz CT molecular complexity index is 422. The molecule has 0 aromatic rings. The second-order valence-corrected chi connectivity index (χ2v) is 6.54. The quantitative estimate of drug-likeness (QED) is 0.702. The van der Waals surface area contributed by atoms with E-state index >= 15 is 0 Å². The summed E-state index contributed by atoms with van der Waals surface area (Å²) in [4.78, 5) is 24.9. The summed E-state index contributed by atoms with van der Waals surface area (Å²) in [5.74, 6) is -0.542. The maximum atomic E-state index is 13.7. The van der Waals surface area contributed by atoms with E-state index in [2.05, 4.69) is 21.2 Å². The van der Waals surface area contributed by atoms with Crippen LogP contribution in [-0.2, 0) is 14.3 Å². The highest BCUT2D eigenvalue weighted by Gasteiger charge is 2.54. The number of carbonyl (C=O) groups excluding carboxylic acids is 2. The third-order valence-corrected chi connectivity index (χ3v) is 4.24. The third kappa shape index (κ3) is 2.43. The summed E-state index contributed by atoms with van der Waals surface area (Å²) >= 11 is 3.22. The molecule has 0 aromatic carbocycles. The number of hydrogen-bond donors (Lipinski definition) is 2. The van der Waals surface area contributed by atoms with Gasteiger partial charge < -0.3 is 14.6 Å². The van der Waals surface area contributed by atoms with Crippen LogP contribution in [0.15, 0.2) is 0 Å². The van der Waals surface area contributed by atoms with Crippen molar-refractivity contribution < 1.29 is 28.6 Å². The summed E-state index contributed by atoms with van der Waals surface area (Å²) in [6, 6.07) is -0.713. The largest absolute Gasteiger partial charge is 0.394 e. The number of aliphatic hydroxyl groups is 1. The van der Waals surface area contributed by atoms with E-state index in [0.29, 0.717) is 0 Å². The van der Waals surface area contributed by atoms with Gasteiger partial charge in [0.1, 0.15) is 22.8 Å². The SMILES string of the molecule is CO[C@@H]1N(C2CC(F)C(CO)O2)C(=O)NC(=O)[C@@]1(C)Br. The first-order valence-corrected chi connectivity index (χ1v) is 6.88. The highest BCUT2D eigenvalue weighted by atomic mass is 79.9. The van der Waals surface area contributed by atoms with Crippen molar-refractivity contribution in [3.05, 3.63) is 0 Å². The van der Waals surface area contributed by atoms with Crippen LogP contribution in [0, 0.1) is 0 Å². The highest BCUT2D eigenvalue weighted by molar-refractivity contribution is 9.10. The Morgan fingerprint density at radius 1 is 1.65 bits per heavy atom. The minimum Gasteiger partial charge on any atom is -0.394 e. The standard InChI is InChI=1S/C11H16BrFN2O5/c1-11(12)8(17)14-10(18)15(9(11)19-2)7-3-5(13)6(4-16)20-7/h5-7,9,16H,3-4H2,1-2H3,(H,14,17,18)/t5?,6?,7?,9-,11+/m0/s1. The van der Waals surface area contributed by atoms with Gasteiger partial charge in [-0.3, -0.25) is 15.0 Å². The van der Waals surface area contributed by atoms with Crippen LogP contribution < -0.4 is 5.32 Å². The molecule has 114 valence electrons. The number of methoxy groups -OCH3 is 1. The molecule has 2 rings (SSSR count). The van der Waals surface area contributed by atoms with Crippen molar-refractivity contribution in [3.63, 3.8) is 0 Å². The van der Waals surface area contributed by atoms with E-state index in [-0.39, 0.29) is 6.42 Å². The van der Waals surface area contributed by atoms with E-state index in [1.807, 2.05) is 0 Å². The molecule has 2 N–H and O–H groups in total. The first-order chi connectivity index (χ1) is 9.32. The Morgan fingerprint density at radius 3 is 2.80 bits per heavy atom. The summed E-state index contributed by atoms with van der Waals surface area (Å²) < 4.78 is 23.0. The number of rotatable bonds is 3. The molecule has 7 nitrogen and oxygen atoms in total. The van der Waals surface area contributed by atoms with Crippen LogP contribution in [-0.4, -0.2) is 64.7 Å². The Hall–Kier alpha value is -0.770. The molecular formula is C11H16BrFN2O5. The molecule has 2 aliphatic rings. The fourth-order valence-electron chi connectivity index (χ4n) is 2.40. The molecule has 2 aliphatic heterocycles. The summed E-state index contributed by atoms with van der Waals surface area (Å²) in [5, 5.41) is 11.2. The van der Waals surface area contributed by atoms with Crippen molar-refractivity contribution in [1.29, 1.82) is 0 Å². The summed E-state index contributed by atoms with van der Waals surface area (Å²) in [6.45, 7) is 1.07. The van der Waals surface area contributed by atoms with Gasteiger partial charge in [0.05, 0.1) is 6.61 Å². The van der Waals surface area contributed by atoms with Gasteiger partial charge in [0.15, 0.2) is 6.23 Å². The van der Waals surface area contributed by atoms with Crippen molar-refractivity contribution in [2.45, 2.75) is 42.4 Å². The van der Waals surface area contributed by atoms with Crippen LogP contribution in [0.4, 0.5) is 9.18 Å². The molecule has 2 fully saturated rings. The lowest BCUT2D eigenvalue weighted by molar-refractivity contribution is -0.153. The number of hydrogen-bond acceptors (Lipinski definition) is 5. The molecule has 2 heterocycles. The Kier molecular flexibility index (Phi) is 4.33. The van der Waals surface area contributed by atoms with Crippen molar-refractivity contribution in [3.8, 4) is 0 Å². The van der Waals surface area contributed by atoms with E-state index in [4.69, 9.17) is 14.6 Å². The van der Waals surface area contributed by atoms with Crippen molar-refractivity contribution >= 4 is 27.9 Å². The zero-order valence-corrected chi connectivity index (χ0v) is 12.6. The van der Waals surface area contributed by atoms with Crippen LogP contribution in [0.1, 0.15) is 13.3 Å². The van der Waals surface area contributed by atoms with E-state index in [9.17, 15) is 14.0 Å². The first kappa shape index (κ1) is 15.6. The summed E-state index contributed by atoms with van der Waals surface area (Å²) in [6.07, 6.45) is -4.30. The maximum absolute atomic E-state index is 13.7. The van der Waals surface area contributed by atoms with Gasteiger partial charge in [-0.05, 0) is 6.92 Å².